The summed E-state index contributed by atoms with van der Waals surface area (Å²) in [6.45, 7) is 7.63. The highest BCUT2D eigenvalue weighted by Crippen LogP contribution is 2.36. The maximum Gasteiger partial charge on any atom is 0.268 e. The van der Waals surface area contributed by atoms with Gasteiger partial charge >= 0.3 is 0 Å². The molecule has 1 unspecified atom stereocenters. The lowest BCUT2D eigenvalue weighted by Crippen LogP contribution is -2.49. The smallest absolute Gasteiger partial charge is 0.268 e. The zero-order valence-electron chi connectivity index (χ0n) is 8.70. The Labute approximate surface area is 79.7 Å². The summed E-state index contributed by atoms with van der Waals surface area (Å²) >= 11 is 0. The lowest BCUT2D eigenvalue weighted by atomic mass is 9.75. The van der Waals surface area contributed by atoms with Crippen molar-refractivity contribution < 1.29 is 18.1 Å². The third-order valence-corrected chi connectivity index (χ3v) is 4.52. The van der Waals surface area contributed by atoms with Crippen LogP contribution in [0.1, 0.15) is 34.6 Å². The van der Waals surface area contributed by atoms with Gasteiger partial charge in [-0.3, -0.25) is 4.55 Å². The summed E-state index contributed by atoms with van der Waals surface area (Å²) in [4.78, 5) is 0. The lowest BCUT2D eigenvalue weighted by Gasteiger charge is -2.40. The Morgan fingerprint density at radius 3 is 1.54 bits per heavy atom. The molecule has 0 amide bonds. The predicted octanol–water partition coefficient (Wildman–Crippen LogP) is 1.06. The van der Waals surface area contributed by atoms with Gasteiger partial charge in [-0.2, -0.15) is 8.42 Å². The Kier molecular flexibility index (Phi) is 3.19. The van der Waals surface area contributed by atoms with Crippen LogP contribution in [0.3, 0.4) is 0 Å². The second kappa shape index (κ2) is 3.22. The first-order valence-corrected chi connectivity index (χ1v) is 5.59. The highest BCUT2D eigenvalue weighted by molar-refractivity contribution is 7.86. The number of aliphatic hydroxyl groups is 1. The fraction of sp³-hybridized carbons (Fsp3) is 1.00. The molecule has 0 fully saturated rings. The van der Waals surface area contributed by atoms with Gasteiger partial charge in [-0.25, -0.2) is 0 Å². The monoisotopic (exact) mass is 210 g/mol. The summed E-state index contributed by atoms with van der Waals surface area (Å²) in [5.41, 5.74) is -2.07. The topological polar surface area (TPSA) is 74.6 Å². The van der Waals surface area contributed by atoms with Crippen molar-refractivity contribution in [2.24, 2.45) is 5.41 Å². The van der Waals surface area contributed by atoms with E-state index in [2.05, 4.69) is 0 Å². The zero-order valence-corrected chi connectivity index (χ0v) is 9.51. The summed E-state index contributed by atoms with van der Waals surface area (Å²) in [5, 5.41) is 8.70. The summed E-state index contributed by atoms with van der Waals surface area (Å²) in [7, 11) is -4.10. The fourth-order valence-electron chi connectivity index (χ4n) is 0.870. The largest absolute Gasteiger partial charge is 0.390 e. The summed E-state index contributed by atoms with van der Waals surface area (Å²) in [5.74, 6) is 0. The van der Waals surface area contributed by atoms with Gasteiger partial charge in [-0.1, -0.05) is 13.8 Å². The second-order valence-electron chi connectivity index (χ2n) is 4.44. The molecule has 0 aliphatic rings. The molecular formula is C8H18O4S. The van der Waals surface area contributed by atoms with Crippen LogP contribution in [-0.2, 0) is 10.1 Å². The minimum Gasteiger partial charge on any atom is -0.390 e. The molecule has 0 aromatic carbocycles. The van der Waals surface area contributed by atoms with Crippen LogP contribution in [0.5, 0.6) is 0 Å². The van der Waals surface area contributed by atoms with Crippen molar-refractivity contribution in [2.45, 2.75) is 45.5 Å². The quantitative estimate of drug-likeness (QED) is 0.683. The van der Waals surface area contributed by atoms with Crippen LogP contribution in [0.4, 0.5) is 0 Å². The Morgan fingerprint density at radius 1 is 1.15 bits per heavy atom. The first-order valence-electron chi connectivity index (χ1n) is 4.09. The van der Waals surface area contributed by atoms with Crippen molar-refractivity contribution in [1.29, 1.82) is 0 Å². The molecule has 0 bridgehead atoms. The molecule has 0 spiro atoms. The maximum absolute atomic E-state index is 10.9. The Balaban J connectivity index is 5.09. The van der Waals surface area contributed by atoms with Gasteiger partial charge in [0.15, 0.2) is 0 Å². The van der Waals surface area contributed by atoms with Crippen molar-refractivity contribution in [2.75, 3.05) is 0 Å². The van der Waals surface area contributed by atoms with Crippen LogP contribution in [-0.4, -0.2) is 28.9 Å². The SMILES string of the molecule is CC(C(C)(C)C(C)(C)O)S(=O)(=O)O. The zero-order chi connectivity index (χ0) is 11.1. The van der Waals surface area contributed by atoms with Crippen LogP contribution in [0.15, 0.2) is 0 Å². The van der Waals surface area contributed by atoms with Gasteiger partial charge < -0.3 is 5.11 Å². The van der Waals surface area contributed by atoms with E-state index >= 15 is 0 Å². The van der Waals surface area contributed by atoms with Gasteiger partial charge in [0, 0.05) is 5.41 Å². The van der Waals surface area contributed by atoms with Crippen molar-refractivity contribution in [3.63, 3.8) is 0 Å². The highest BCUT2D eigenvalue weighted by Gasteiger charge is 2.45. The van der Waals surface area contributed by atoms with E-state index in [0.717, 1.165) is 0 Å². The van der Waals surface area contributed by atoms with Crippen molar-refractivity contribution in [1.82, 2.24) is 0 Å². The Morgan fingerprint density at radius 2 is 1.46 bits per heavy atom. The van der Waals surface area contributed by atoms with Gasteiger partial charge in [-0.15, -0.1) is 0 Å². The molecule has 5 heteroatoms. The first kappa shape index (κ1) is 12.9. The van der Waals surface area contributed by atoms with Gasteiger partial charge in [0.25, 0.3) is 10.1 Å². The molecule has 1 atom stereocenters. The summed E-state index contributed by atoms with van der Waals surface area (Å²) < 4.78 is 30.6. The number of hydrogen-bond donors (Lipinski definition) is 2. The summed E-state index contributed by atoms with van der Waals surface area (Å²) in [6, 6.07) is 0. The molecule has 0 radical (unpaired) electrons. The molecule has 0 rings (SSSR count). The van der Waals surface area contributed by atoms with Crippen molar-refractivity contribution >= 4 is 10.1 Å². The van der Waals surface area contributed by atoms with Crippen LogP contribution < -0.4 is 0 Å². The molecule has 0 aromatic rings. The van der Waals surface area contributed by atoms with E-state index < -0.39 is 26.4 Å². The molecule has 2 N–H and O–H groups in total. The Hall–Kier alpha value is -0.130. The number of rotatable bonds is 3. The molecule has 0 heterocycles. The van der Waals surface area contributed by atoms with Crippen molar-refractivity contribution in [3.8, 4) is 0 Å². The average molecular weight is 210 g/mol. The van der Waals surface area contributed by atoms with E-state index in [4.69, 9.17) is 4.55 Å². The van der Waals surface area contributed by atoms with E-state index in [1.165, 1.54) is 20.8 Å². The first-order chi connectivity index (χ1) is 5.40. The molecule has 0 saturated carbocycles. The average Bonchev–Trinajstić information content (AvgIpc) is 1.81. The molecule has 0 aromatic heterocycles. The highest BCUT2D eigenvalue weighted by atomic mass is 32.2. The molecule has 80 valence electrons. The molecule has 0 saturated heterocycles. The summed E-state index contributed by atoms with van der Waals surface area (Å²) in [6.07, 6.45) is 0. The van der Waals surface area contributed by atoms with Crippen LogP contribution in [0, 0.1) is 5.41 Å². The minimum absolute atomic E-state index is 0.902. The van der Waals surface area contributed by atoms with E-state index in [1.807, 2.05) is 0 Å². The standard InChI is InChI=1S/C8H18O4S/c1-6(13(10,11)12)7(2,3)8(4,5)9/h6,9H,1-5H3,(H,10,11,12). The second-order valence-corrected chi connectivity index (χ2v) is 6.17. The third-order valence-electron chi connectivity index (χ3n) is 3.04. The van der Waals surface area contributed by atoms with Gasteiger partial charge in [-0.05, 0) is 20.8 Å². The fourth-order valence-corrected chi connectivity index (χ4v) is 1.90. The predicted molar refractivity (Wildman–Crippen MR) is 51.1 cm³/mol. The van der Waals surface area contributed by atoms with Gasteiger partial charge in [0.2, 0.25) is 0 Å². The molecular weight excluding hydrogens is 192 g/mol. The third kappa shape index (κ3) is 2.65. The molecule has 4 nitrogen and oxygen atoms in total. The molecule has 0 aliphatic carbocycles. The van der Waals surface area contributed by atoms with Crippen LogP contribution >= 0.6 is 0 Å². The molecule has 0 aliphatic heterocycles. The van der Waals surface area contributed by atoms with E-state index in [0.29, 0.717) is 0 Å². The van der Waals surface area contributed by atoms with E-state index in [-0.39, 0.29) is 0 Å². The van der Waals surface area contributed by atoms with Gasteiger partial charge in [0.1, 0.15) is 0 Å². The minimum atomic E-state index is -4.10. The normalized spacial score (nSPS) is 17.2. The lowest BCUT2D eigenvalue weighted by molar-refractivity contribution is -0.0356. The van der Waals surface area contributed by atoms with Crippen LogP contribution in [0.2, 0.25) is 0 Å². The van der Waals surface area contributed by atoms with E-state index in [9.17, 15) is 13.5 Å². The van der Waals surface area contributed by atoms with Gasteiger partial charge in [0.05, 0.1) is 10.9 Å². The number of hydrogen-bond acceptors (Lipinski definition) is 3. The maximum atomic E-state index is 10.9. The Bertz CT molecular complexity index is 271. The van der Waals surface area contributed by atoms with Crippen molar-refractivity contribution in [3.05, 3.63) is 0 Å². The van der Waals surface area contributed by atoms with E-state index in [1.54, 1.807) is 13.8 Å². The molecule has 13 heavy (non-hydrogen) atoms. The van der Waals surface area contributed by atoms with Crippen LogP contribution in [0.25, 0.3) is 0 Å².